The molecule has 0 fully saturated rings. The van der Waals surface area contributed by atoms with Gasteiger partial charge in [-0.05, 0) is 12.5 Å². The summed E-state index contributed by atoms with van der Waals surface area (Å²) < 4.78 is 23.9. The highest BCUT2D eigenvalue weighted by atomic mass is 19.2. The number of halogens is 2. The summed E-state index contributed by atoms with van der Waals surface area (Å²) in [7, 11) is 0. The third-order valence-electron chi connectivity index (χ3n) is 0.749. The lowest BCUT2D eigenvalue weighted by Gasteiger charge is -1.87. The zero-order valence-electron chi connectivity index (χ0n) is 4.75. The first kappa shape index (κ1) is 7.34. The molecular weight excluding hydrogens is 110 g/mol. The van der Waals surface area contributed by atoms with Crippen molar-refractivity contribution in [3.05, 3.63) is 24.3 Å². The molecule has 0 bridgehead atoms. The second-order valence-corrected chi connectivity index (χ2v) is 1.31. The molecule has 0 amide bonds. The zero-order chi connectivity index (χ0) is 6.57. The first-order valence-electron chi connectivity index (χ1n) is 2.39. The minimum Gasteiger partial charge on any atom is -0.209 e. The molecular formula is C6H8F2. The van der Waals surface area contributed by atoms with Gasteiger partial charge in [-0.15, -0.1) is 0 Å². The lowest BCUT2D eigenvalue weighted by molar-refractivity contribution is 0.532. The maximum atomic E-state index is 12.0. The van der Waals surface area contributed by atoms with Crippen LogP contribution in [0.25, 0.3) is 0 Å². The molecule has 0 rings (SSSR count). The molecule has 0 N–H and O–H groups in total. The van der Waals surface area contributed by atoms with E-state index in [1.807, 2.05) is 0 Å². The Bertz CT molecular complexity index is 114. The topological polar surface area (TPSA) is 0 Å². The Hall–Kier alpha value is -0.660. The van der Waals surface area contributed by atoms with Crippen LogP contribution in [-0.2, 0) is 0 Å². The lowest BCUT2D eigenvalue weighted by Crippen LogP contribution is -1.71. The van der Waals surface area contributed by atoms with Crippen LogP contribution in [0.4, 0.5) is 8.78 Å². The summed E-state index contributed by atoms with van der Waals surface area (Å²) >= 11 is 0. The maximum Gasteiger partial charge on any atom is 0.153 e. The van der Waals surface area contributed by atoms with Crippen molar-refractivity contribution >= 4 is 0 Å². The van der Waals surface area contributed by atoms with Crippen LogP contribution in [0.2, 0.25) is 0 Å². The van der Waals surface area contributed by atoms with Crippen LogP contribution in [0.15, 0.2) is 24.3 Å². The highest BCUT2D eigenvalue weighted by Crippen LogP contribution is 2.10. The number of rotatable bonds is 2. The second-order valence-electron chi connectivity index (χ2n) is 1.31. The van der Waals surface area contributed by atoms with Crippen LogP contribution in [-0.4, -0.2) is 0 Å². The van der Waals surface area contributed by atoms with Crippen molar-refractivity contribution in [2.45, 2.75) is 13.3 Å². The predicted octanol–water partition coefficient (Wildman–Crippen LogP) is 2.73. The summed E-state index contributed by atoms with van der Waals surface area (Å²) in [5.74, 6) is -1.59. The lowest BCUT2D eigenvalue weighted by atomic mass is 10.3. The molecule has 0 nitrogen and oxygen atoms in total. The smallest absolute Gasteiger partial charge is 0.153 e. The molecule has 0 aliphatic carbocycles. The van der Waals surface area contributed by atoms with Gasteiger partial charge in [0.05, 0.1) is 0 Å². The number of hydrogen-bond acceptors (Lipinski definition) is 0. The van der Waals surface area contributed by atoms with Crippen LogP contribution in [0.1, 0.15) is 13.3 Å². The summed E-state index contributed by atoms with van der Waals surface area (Å²) in [6, 6.07) is 0. The van der Waals surface area contributed by atoms with E-state index < -0.39 is 11.7 Å². The molecule has 8 heavy (non-hydrogen) atoms. The van der Waals surface area contributed by atoms with E-state index in [2.05, 4.69) is 6.58 Å². The van der Waals surface area contributed by atoms with Crippen LogP contribution in [0.3, 0.4) is 0 Å². The molecule has 0 heterocycles. The Labute approximate surface area is 47.5 Å². The molecule has 46 valence electrons. The first-order valence-corrected chi connectivity index (χ1v) is 2.39. The predicted molar refractivity (Wildman–Crippen MR) is 29.7 cm³/mol. The molecule has 0 saturated heterocycles. The van der Waals surface area contributed by atoms with Gasteiger partial charge < -0.3 is 0 Å². The summed E-state index contributed by atoms with van der Waals surface area (Å²) in [5.41, 5.74) is 0. The van der Waals surface area contributed by atoms with Crippen molar-refractivity contribution in [2.24, 2.45) is 0 Å². The molecule has 0 aromatic heterocycles. The van der Waals surface area contributed by atoms with E-state index in [-0.39, 0.29) is 6.42 Å². The SMILES string of the molecule is C=CC(F)=C(F)CC. The molecule has 0 atom stereocenters. The van der Waals surface area contributed by atoms with Gasteiger partial charge in [0.15, 0.2) is 5.83 Å². The number of hydrogen-bond donors (Lipinski definition) is 0. The van der Waals surface area contributed by atoms with Gasteiger partial charge in [0.2, 0.25) is 0 Å². The molecule has 0 aliphatic heterocycles. The third kappa shape index (κ3) is 1.87. The van der Waals surface area contributed by atoms with Crippen molar-refractivity contribution < 1.29 is 8.78 Å². The van der Waals surface area contributed by atoms with E-state index in [0.29, 0.717) is 0 Å². The van der Waals surface area contributed by atoms with Crippen molar-refractivity contribution in [3.63, 3.8) is 0 Å². The van der Waals surface area contributed by atoms with Gasteiger partial charge in [-0.1, -0.05) is 13.5 Å². The summed E-state index contributed by atoms with van der Waals surface area (Å²) in [6.45, 7) is 4.60. The summed E-state index contributed by atoms with van der Waals surface area (Å²) in [4.78, 5) is 0. The van der Waals surface area contributed by atoms with Crippen LogP contribution in [0.5, 0.6) is 0 Å². The van der Waals surface area contributed by atoms with Gasteiger partial charge in [-0.25, -0.2) is 8.78 Å². The van der Waals surface area contributed by atoms with Gasteiger partial charge in [-0.3, -0.25) is 0 Å². The second kappa shape index (κ2) is 3.36. The van der Waals surface area contributed by atoms with Gasteiger partial charge in [0, 0.05) is 0 Å². The monoisotopic (exact) mass is 118 g/mol. The fraction of sp³-hybridized carbons (Fsp3) is 0.333. The standard InChI is InChI=1S/C6H8F2/c1-3-5(7)6(8)4-2/h3H,1,4H2,2H3. The highest BCUT2D eigenvalue weighted by molar-refractivity contribution is 5.11. The van der Waals surface area contributed by atoms with E-state index in [1.165, 1.54) is 0 Å². The van der Waals surface area contributed by atoms with Crippen molar-refractivity contribution in [1.29, 1.82) is 0 Å². The van der Waals surface area contributed by atoms with Gasteiger partial charge >= 0.3 is 0 Å². The maximum absolute atomic E-state index is 12.0. The molecule has 0 aliphatic rings. The quantitative estimate of drug-likeness (QED) is 0.489. The molecule has 0 unspecified atom stereocenters. The van der Waals surface area contributed by atoms with E-state index in [9.17, 15) is 8.78 Å². The Balaban J connectivity index is 4.03. The molecule has 0 aromatic carbocycles. The van der Waals surface area contributed by atoms with Gasteiger partial charge in [0.1, 0.15) is 5.83 Å². The van der Waals surface area contributed by atoms with Crippen LogP contribution >= 0.6 is 0 Å². The Kier molecular flexibility index (Phi) is 3.08. The fourth-order valence-electron chi connectivity index (χ4n) is 0.280. The Morgan fingerprint density at radius 3 is 2.25 bits per heavy atom. The molecule has 0 radical (unpaired) electrons. The van der Waals surface area contributed by atoms with E-state index >= 15 is 0 Å². The largest absolute Gasteiger partial charge is 0.209 e. The highest BCUT2D eigenvalue weighted by Gasteiger charge is 1.95. The van der Waals surface area contributed by atoms with Crippen LogP contribution < -0.4 is 0 Å². The normalized spacial score (nSPS) is 12.9. The fourth-order valence-corrected chi connectivity index (χ4v) is 0.280. The Morgan fingerprint density at radius 1 is 1.62 bits per heavy atom. The molecule has 0 aromatic rings. The molecule has 0 saturated carbocycles. The van der Waals surface area contributed by atoms with Crippen molar-refractivity contribution in [1.82, 2.24) is 0 Å². The van der Waals surface area contributed by atoms with Crippen molar-refractivity contribution in [2.75, 3.05) is 0 Å². The minimum absolute atomic E-state index is 0.0951. The zero-order valence-corrected chi connectivity index (χ0v) is 4.75. The van der Waals surface area contributed by atoms with E-state index in [1.54, 1.807) is 6.92 Å². The first-order chi connectivity index (χ1) is 3.72. The van der Waals surface area contributed by atoms with E-state index in [4.69, 9.17) is 0 Å². The molecule has 2 heteroatoms. The van der Waals surface area contributed by atoms with Crippen LogP contribution in [0, 0.1) is 0 Å². The number of allylic oxidation sites excluding steroid dienone is 3. The van der Waals surface area contributed by atoms with Gasteiger partial charge in [-0.2, -0.15) is 0 Å². The summed E-state index contributed by atoms with van der Waals surface area (Å²) in [5, 5.41) is 0. The average molecular weight is 118 g/mol. The molecule has 0 spiro atoms. The summed E-state index contributed by atoms with van der Waals surface area (Å²) in [6.07, 6.45) is 0.955. The Morgan fingerprint density at radius 2 is 2.12 bits per heavy atom. The average Bonchev–Trinajstić information content (AvgIpc) is 1.84. The van der Waals surface area contributed by atoms with Crippen molar-refractivity contribution in [3.8, 4) is 0 Å². The minimum atomic E-state index is -0.854. The van der Waals surface area contributed by atoms with E-state index in [0.717, 1.165) is 6.08 Å². The van der Waals surface area contributed by atoms with Gasteiger partial charge in [0.25, 0.3) is 0 Å². The third-order valence-corrected chi connectivity index (χ3v) is 0.749.